The minimum Gasteiger partial charge on any atom is -0.456 e. The molecule has 1 N–H and O–H groups in total. The van der Waals surface area contributed by atoms with E-state index in [9.17, 15) is 9.59 Å². The molecule has 0 aromatic heterocycles. The Morgan fingerprint density at radius 3 is 2.55 bits per heavy atom. The van der Waals surface area contributed by atoms with Crippen molar-refractivity contribution < 1.29 is 28.5 Å². The van der Waals surface area contributed by atoms with Gasteiger partial charge in [-0.05, 0) is 26.0 Å². The summed E-state index contributed by atoms with van der Waals surface area (Å²) >= 11 is 24.3. The minimum atomic E-state index is -2.23. The van der Waals surface area contributed by atoms with E-state index in [1.165, 1.54) is 11.8 Å². The first kappa shape index (κ1) is 25.2. The molecule has 0 unspecified atom stereocenters. The summed E-state index contributed by atoms with van der Waals surface area (Å²) in [6, 6.07) is 8.46. The molecule has 5 atom stereocenters. The van der Waals surface area contributed by atoms with Gasteiger partial charge in [0.25, 0.3) is 9.70 Å². The first-order valence-corrected chi connectivity index (χ1v) is 11.9. The monoisotopic (exact) mass is 531 g/mol. The van der Waals surface area contributed by atoms with Gasteiger partial charge in [0.05, 0.1) is 6.61 Å². The molecule has 1 aromatic carbocycles. The highest BCUT2D eigenvalue weighted by Crippen LogP contribution is 2.40. The lowest BCUT2D eigenvalue weighted by atomic mass is 9.96. The first-order chi connectivity index (χ1) is 14.5. The molecular formula is C19H21Cl4NO6S. The molecule has 0 spiro atoms. The molecule has 2 saturated heterocycles. The summed E-state index contributed by atoms with van der Waals surface area (Å²) in [4.78, 5) is 25.5. The molecular weight excluding hydrogens is 512 g/mol. The number of carbonyl (C=O) groups excluding carboxylic acids is 2. The molecule has 7 nitrogen and oxygen atoms in total. The third kappa shape index (κ3) is 6.54. The third-order valence-electron chi connectivity index (χ3n) is 4.59. The zero-order valence-corrected chi connectivity index (χ0v) is 20.4. The van der Waals surface area contributed by atoms with E-state index in [0.717, 1.165) is 4.90 Å². The summed E-state index contributed by atoms with van der Waals surface area (Å²) in [6.45, 7) is 3.65. The van der Waals surface area contributed by atoms with Gasteiger partial charge in [0.15, 0.2) is 11.9 Å². The SMILES string of the molecule is CC1(C)OC[C@H]2O[C@@H](Sc3ccccc3)[C@H](NC(=O)C(Cl)(Cl)Cl)[C@@H](OC(=O)CCl)[C@@H]2O1. The third-order valence-corrected chi connectivity index (χ3v) is 6.50. The lowest BCUT2D eigenvalue weighted by molar-refractivity contribution is -0.342. The lowest BCUT2D eigenvalue weighted by Crippen LogP contribution is -2.69. The molecule has 2 heterocycles. The van der Waals surface area contributed by atoms with Crippen LogP contribution in [0.5, 0.6) is 0 Å². The van der Waals surface area contributed by atoms with Gasteiger partial charge >= 0.3 is 5.97 Å². The molecule has 2 aliphatic rings. The van der Waals surface area contributed by atoms with Crippen LogP contribution in [0.3, 0.4) is 0 Å². The number of hydrogen-bond acceptors (Lipinski definition) is 7. The molecule has 0 radical (unpaired) electrons. The van der Waals surface area contributed by atoms with Gasteiger partial charge in [0, 0.05) is 4.90 Å². The number of hydrogen-bond donors (Lipinski definition) is 1. The fraction of sp³-hybridized carbons (Fsp3) is 0.579. The Labute approximate surface area is 204 Å². The molecule has 0 aliphatic carbocycles. The Balaban J connectivity index is 1.96. The smallest absolute Gasteiger partial charge is 0.321 e. The van der Waals surface area contributed by atoms with Crippen molar-refractivity contribution >= 4 is 70.0 Å². The number of carbonyl (C=O) groups is 2. The van der Waals surface area contributed by atoms with Gasteiger partial charge in [-0.1, -0.05) is 64.8 Å². The topological polar surface area (TPSA) is 83.1 Å². The predicted molar refractivity (Wildman–Crippen MR) is 119 cm³/mol. The van der Waals surface area contributed by atoms with E-state index in [1.807, 2.05) is 30.3 Å². The number of alkyl halides is 4. The van der Waals surface area contributed by atoms with Gasteiger partial charge in [-0.3, -0.25) is 9.59 Å². The van der Waals surface area contributed by atoms with Crippen LogP contribution in [-0.4, -0.2) is 63.7 Å². The van der Waals surface area contributed by atoms with Crippen molar-refractivity contribution in [3.8, 4) is 0 Å². The number of thioether (sulfide) groups is 1. The van der Waals surface area contributed by atoms with Crippen LogP contribution in [0.2, 0.25) is 0 Å². The Kier molecular flexibility index (Phi) is 8.30. The highest BCUT2D eigenvalue weighted by Gasteiger charge is 2.54. The molecule has 1 aromatic rings. The van der Waals surface area contributed by atoms with Gasteiger partial charge in [-0.25, -0.2) is 0 Å². The average molecular weight is 533 g/mol. The molecule has 1 amide bonds. The number of rotatable bonds is 5. The highest BCUT2D eigenvalue weighted by atomic mass is 35.6. The maximum atomic E-state index is 12.5. The highest BCUT2D eigenvalue weighted by molar-refractivity contribution is 7.99. The molecule has 2 aliphatic heterocycles. The number of halogens is 4. The Bertz CT molecular complexity index is 793. The van der Waals surface area contributed by atoms with Crippen LogP contribution in [-0.2, 0) is 28.5 Å². The fourth-order valence-electron chi connectivity index (χ4n) is 3.27. The van der Waals surface area contributed by atoms with E-state index < -0.39 is 51.2 Å². The molecule has 12 heteroatoms. The average Bonchev–Trinajstić information content (AvgIpc) is 2.70. The van der Waals surface area contributed by atoms with Gasteiger partial charge in [-0.2, -0.15) is 0 Å². The summed E-state index contributed by atoms with van der Waals surface area (Å²) in [5.41, 5.74) is -0.707. The lowest BCUT2D eigenvalue weighted by Gasteiger charge is -2.50. The predicted octanol–water partition coefficient (Wildman–Crippen LogP) is 3.66. The van der Waals surface area contributed by atoms with Crippen molar-refractivity contribution in [2.45, 2.75) is 58.1 Å². The number of benzene rings is 1. The number of esters is 1. The molecule has 31 heavy (non-hydrogen) atoms. The maximum Gasteiger partial charge on any atom is 0.321 e. The Morgan fingerprint density at radius 1 is 1.26 bits per heavy atom. The normalized spacial score (nSPS) is 30.2. The van der Waals surface area contributed by atoms with Crippen LogP contribution in [0.25, 0.3) is 0 Å². The second-order valence-corrected chi connectivity index (χ2v) is 11.1. The minimum absolute atomic E-state index is 0.198. The van der Waals surface area contributed by atoms with Crippen molar-refractivity contribution in [3.05, 3.63) is 30.3 Å². The summed E-state index contributed by atoms with van der Waals surface area (Å²) in [5, 5.41) is 2.65. The van der Waals surface area contributed by atoms with E-state index in [2.05, 4.69) is 5.32 Å². The van der Waals surface area contributed by atoms with E-state index in [0.29, 0.717) is 0 Å². The van der Waals surface area contributed by atoms with Crippen LogP contribution in [0.1, 0.15) is 13.8 Å². The second kappa shape index (κ2) is 10.2. The molecule has 172 valence electrons. The van der Waals surface area contributed by atoms with Crippen LogP contribution < -0.4 is 5.32 Å². The van der Waals surface area contributed by atoms with Crippen LogP contribution >= 0.6 is 58.2 Å². The van der Waals surface area contributed by atoms with Crippen molar-refractivity contribution in [2.75, 3.05) is 12.5 Å². The van der Waals surface area contributed by atoms with E-state index in [-0.39, 0.29) is 12.5 Å². The largest absolute Gasteiger partial charge is 0.456 e. The van der Waals surface area contributed by atoms with Crippen molar-refractivity contribution in [3.63, 3.8) is 0 Å². The van der Waals surface area contributed by atoms with E-state index >= 15 is 0 Å². The summed E-state index contributed by atoms with van der Waals surface area (Å²) in [5.74, 6) is -2.91. The standard InChI is InChI=1S/C19H21Cl4NO6S/c1-18(2)27-9-11-14(30-18)15(29-12(25)8-20)13(24-17(26)19(21,22)23)16(28-11)31-10-6-4-3-5-7-10/h3-7,11,13-16H,8-9H2,1-2H3,(H,24,26)/t11-,13-,14-,15-,16+/m1/s1. The van der Waals surface area contributed by atoms with Crippen molar-refractivity contribution in [2.24, 2.45) is 0 Å². The van der Waals surface area contributed by atoms with Crippen LogP contribution in [0.15, 0.2) is 35.2 Å². The second-order valence-electron chi connectivity index (χ2n) is 7.35. The maximum absolute atomic E-state index is 12.5. The molecule has 0 saturated carbocycles. The summed E-state index contributed by atoms with van der Waals surface area (Å²) in [7, 11) is 0. The van der Waals surface area contributed by atoms with Crippen LogP contribution in [0, 0.1) is 0 Å². The zero-order valence-electron chi connectivity index (χ0n) is 16.6. The summed E-state index contributed by atoms with van der Waals surface area (Å²) < 4.78 is 21.3. The van der Waals surface area contributed by atoms with E-state index in [1.54, 1.807) is 13.8 Å². The first-order valence-electron chi connectivity index (χ1n) is 9.32. The fourth-order valence-corrected chi connectivity index (χ4v) is 4.65. The van der Waals surface area contributed by atoms with Crippen molar-refractivity contribution in [1.29, 1.82) is 0 Å². The number of nitrogens with one attached hydrogen (secondary N) is 1. The van der Waals surface area contributed by atoms with E-state index in [4.69, 9.17) is 65.4 Å². The summed E-state index contributed by atoms with van der Waals surface area (Å²) in [6.07, 6.45) is -2.28. The quantitative estimate of drug-likeness (QED) is 0.457. The number of fused-ring (bicyclic) bond motifs is 1. The van der Waals surface area contributed by atoms with Crippen LogP contribution in [0.4, 0.5) is 0 Å². The number of amides is 1. The Morgan fingerprint density at radius 2 is 1.94 bits per heavy atom. The van der Waals surface area contributed by atoms with Gasteiger partial charge in [-0.15, -0.1) is 11.6 Å². The van der Waals surface area contributed by atoms with Gasteiger partial charge < -0.3 is 24.3 Å². The van der Waals surface area contributed by atoms with Gasteiger partial charge in [0.2, 0.25) is 0 Å². The number of ether oxygens (including phenoxy) is 4. The molecule has 2 fully saturated rings. The molecule has 3 rings (SSSR count). The van der Waals surface area contributed by atoms with Crippen molar-refractivity contribution in [1.82, 2.24) is 5.32 Å². The molecule has 0 bridgehead atoms. The van der Waals surface area contributed by atoms with Gasteiger partial charge in [0.1, 0.15) is 29.6 Å². The zero-order chi connectivity index (χ0) is 22.8. The Hall–Kier alpha value is -0.450.